The highest BCUT2D eigenvalue weighted by atomic mass is 16.6. The van der Waals surface area contributed by atoms with Gasteiger partial charge in [0.05, 0.1) is 4.92 Å². The molecule has 1 heterocycles. The fourth-order valence-corrected chi connectivity index (χ4v) is 3.01. The monoisotopic (exact) mass is 291 g/mol. The summed E-state index contributed by atoms with van der Waals surface area (Å²) in [6, 6.07) is 5.57. The lowest BCUT2D eigenvalue weighted by atomic mass is 9.96. The smallest absolute Gasteiger partial charge is 0.269 e. The molecule has 5 nitrogen and oxygen atoms in total. The van der Waals surface area contributed by atoms with E-state index in [0.717, 1.165) is 30.9 Å². The molecule has 0 amide bonds. The summed E-state index contributed by atoms with van der Waals surface area (Å²) in [5.41, 5.74) is 2.27. The largest absolute Gasteiger partial charge is 0.369 e. The molecule has 2 rings (SSSR count). The average molecular weight is 291 g/mol. The van der Waals surface area contributed by atoms with E-state index in [2.05, 4.69) is 24.1 Å². The van der Waals surface area contributed by atoms with E-state index in [1.807, 2.05) is 13.0 Å². The zero-order valence-corrected chi connectivity index (χ0v) is 13.1. The van der Waals surface area contributed by atoms with Crippen LogP contribution in [-0.4, -0.2) is 30.6 Å². The highest BCUT2D eigenvalue weighted by molar-refractivity contribution is 5.58. The number of hydrogen-bond donors (Lipinski definition) is 1. The van der Waals surface area contributed by atoms with Crippen LogP contribution in [-0.2, 0) is 0 Å². The SMILES string of the molecule is Cc1cc([N+](=O)[O-])ccc1N(CC1CCNCC1)C(C)C. The predicted octanol–water partition coefficient (Wildman–Crippen LogP) is 3.12. The molecule has 1 aliphatic rings. The Morgan fingerprint density at radius 3 is 2.57 bits per heavy atom. The number of rotatable bonds is 5. The molecule has 1 aromatic rings. The highest BCUT2D eigenvalue weighted by Crippen LogP contribution is 2.28. The van der Waals surface area contributed by atoms with Crippen molar-refractivity contribution >= 4 is 11.4 Å². The summed E-state index contributed by atoms with van der Waals surface area (Å²) >= 11 is 0. The molecule has 1 fully saturated rings. The first-order valence-electron chi connectivity index (χ1n) is 7.71. The Balaban J connectivity index is 2.19. The molecule has 1 N–H and O–H groups in total. The van der Waals surface area contributed by atoms with E-state index in [4.69, 9.17) is 0 Å². The van der Waals surface area contributed by atoms with E-state index in [1.54, 1.807) is 12.1 Å². The Labute approximate surface area is 126 Å². The van der Waals surface area contributed by atoms with Crippen molar-refractivity contribution < 1.29 is 4.92 Å². The third kappa shape index (κ3) is 3.94. The van der Waals surface area contributed by atoms with Crippen molar-refractivity contribution in [2.45, 2.75) is 39.7 Å². The van der Waals surface area contributed by atoms with Gasteiger partial charge in [-0.2, -0.15) is 0 Å². The van der Waals surface area contributed by atoms with E-state index in [0.29, 0.717) is 12.0 Å². The summed E-state index contributed by atoms with van der Waals surface area (Å²) in [6.07, 6.45) is 2.41. The first-order valence-corrected chi connectivity index (χ1v) is 7.71. The van der Waals surface area contributed by atoms with Gasteiger partial charge in [-0.1, -0.05) is 0 Å². The molecule has 0 atom stereocenters. The standard InChI is InChI=1S/C16H25N3O2/c1-12(2)18(11-14-6-8-17-9-7-14)16-5-4-15(19(20)21)10-13(16)3/h4-5,10,12,14,17H,6-9,11H2,1-3H3. The summed E-state index contributed by atoms with van der Waals surface area (Å²) in [5, 5.41) is 14.3. The number of non-ortho nitro benzene ring substituents is 1. The molecule has 0 bridgehead atoms. The Bertz CT molecular complexity index is 496. The van der Waals surface area contributed by atoms with E-state index >= 15 is 0 Å². The second-order valence-electron chi connectivity index (χ2n) is 6.17. The van der Waals surface area contributed by atoms with Gasteiger partial charge in [-0.25, -0.2) is 0 Å². The molecule has 0 unspecified atom stereocenters. The van der Waals surface area contributed by atoms with Gasteiger partial charge >= 0.3 is 0 Å². The topological polar surface area (TPSA) is 58.4 Å². The molecule has 116 valence electrons. The highest BCUT2D eigenvalue weighted by Gasteiger charge is 2.21. The zero-order chi connectivity index (χ0) is 15.4. The average Bonchev–Trinajstić information content (AvgIpc) is 2.46. The Kier molecular flexibility index (Phi) is 5.17. The number of benzene rings is 1. The van der Waals surface area contributed by atoms with Gasteiger partial charge in [0, 0.05) is 30.4 Å². The second kappa shape index (κ2) is 6.89. The van der Waals surface area contributed by atoms with Gasteiger partial charge in [-0.3, -0.25) is 10.1 Å². The molecule has 1 aromatic carbocycles. The normalized spacial score (nSPS) is 16.2. The maximum atomic E-state index is 10.9. The zero-order valence-electron chi connectivity index (χ0n) is 13.1. The molecule has 0 radical (unpaired) electrons. The van der Waals surface area contributed by atoms with Crippen molar-refractivity contribution in [3.05, 3.63) is 33.9 Å². The second-order valence-corrected chi connectivity index (χ2v) is 6.17. The number of anilines is 1. The van der Waals surface area contributed by atoms with E-state index in [1.165, 1.54) is 12.8 Å². The summed E-state index contributed by atoms with van der Waals surface area (Å²) in [5.74, 6) is 0.697. The Morgan fingerprint density at radius 1 is 1.38 bits per heavy atom. The van der Waals surface area contributed by atoms with Crippen molar-refractivity contribution in [3.8, 4) is 0 Å². The van der Waals surface area contributed by atoms with Crippen molar-refractivity contribution in [2.24, 2.45) is 5.92 Å². The molecule has 1 saturated heterocycles. The lowest BCUT2D eigenvalue weighted by Crippen LogP contribution is -2.39. The van der Waals surface area contributed by atoms with Gasteiger partial charge < -0.3 is 10.2 Å². The maximum Gasteiger partial charge on any atom is 0.269 e. The third-order valence-electron chi connectivity index (χ3n) is 4.24. The fraction of sp³-hybridized carbons (Fsp3) is 0.625. The number of aryl methyl sites for hydroxylation is 1. The maximum absolute atomic E-state index is 10.9. The quantitative estimate of drug-likeness (QED) is 0.669. The van der Waals surface area contributed by atoms with Gasteiger partial charge in [0.1, 0.15) is 0 Å². The third-order valence-corrected chi connectivity index (χ3v) is 4.24. The molecular weight excluding hydrogens is 266 g/mol. The molecule has 1 aliphatic heterocycles. The summed E-state index contributed by atoms with van der Waals surface area (Å²) < 4.78 is 0. The van der Waals surface area contributed by atoms with Crippen LogP contribution < -0.4 is 10.2 Å². The van der Waals surface area contributed by atoms with Gasteiger partial charge in [0.15, 0.2) is 0 Å². The van der Waals surface area contributed by atoms with Crippen LogP contribution in [0.15, 0.2) is 18.2 Å². The summed E-state index contributed by atoms with van der Waals surface area (Å²) in [6.45, 7) is 9.54. The van der Waals surface area contributed by atoms with Crippen molar-refractivity contribution in [2.75, 3.05) is 24.5 Å². The minimum absolute atomic E-state index is 0.168. The van der Waals surface area contributed by atoms with Crippen LogP contribution in [0.4, 0.5) is 11.4 Å². The van der Waals surface area contributed by atoms with Crippen LogP contribution in [0.25, 0.3) is 0 Å². The molecular formula is C16H25N3O2. The molecule has 0 spiro atoms. The lowest BCUT2D eigenvalue weighted by molar-refractivity contribution is -0.384. The van der Waals surface area contributed by atoms with Crippen LogP contribution in [0, 0.1) is 23.0 Å². The number of nitro benzene ring substituents is 1. The Morgan fingerprint density at radius 2 is 2.05 bits per heavy atom. The minimum Gasteiger partial charge on any atom is -0.369 e. The van der Waals surface area contributed by atoms with E-state index in [9.17, 15) is 10.1 Å². The van der Waals surface area contributed by atoms with Gasteiger partial charge in [-0.15, -0.1) is 0 Å². The van der Waals surface area contributed by atoms with Crippen LogP contribution in [0.5, 0.6) is 0 Å². The number of nitrogens with zero attached hydrogens (tertiary/aromatic N) is 2. The number of nitro groups is 1. The van der Waals surface area contributed by atoms with Crippen molar-refractivity contribution in [1.29, 1.82) is 0 Å². The fourth-order valence-electron chi connectivity index (χ4n) is 3.01. The van der Waals surface area contributed by atoms with Crippen LogP contribution in [0.3, 0.4) is 0 Å². The van der Waals surface area contributed by atoms with Crippen LogP contribution >= 0.6 is 0 Å². The Hall–Kier alpha value is -1.62. The van der Waals surface area contributed by atoms with Gasteiger partial charge in [-0.05, 0) is 64.3 Å². The first kappa shape index (κ1) is 15.8. The van der Waals surface area contributed by atoms with Crippen LogP contribution in [0.1, 0.15) is 32.3 Å². The molecule has 0 aliphatic carbocycles. The number of piperidine rings is 1. The van der Waals surface area contributed by atoms with Gasteiger partial charge in [0.2, 0.25) is 0 Å². The van der Waals surface area contributed by atoms with E-state index < -0.39 is 0 Å². The van der Waals surface area contributed by atoms with Gasteiger partial charge in [0.25, 0.3) is 5.69 Å². The van der Waals surface area contributed by atoms with Crippen molar-refractivity contribution in [1.82, 2.24) is 5.32 Å². The molecule has 0 aromatic heterocycles. The number of hydrogen-bond acceptors (Lipinski definition) is 4. The number of nitrogens with one attached hydrogen (secondary N) is 1. The molecule has 21 heavy (non-hydrogen) atoms. The van der Waals surface area contributed by atoms with Crippen LogP contribution in [0.2, 0.25) is 0 Å². The lowest BCUT2D eigenvalue weighted by Gasteiger charge is -2.35. The minimum atomic E-state index is -0.330. The summed E-state index contributed by atoms with van der Waals surface area (Å²) in [4.78, 5) is 12.9. The molecule has 0 saturated carbocycles. The summed E-state index contributed by atoms with van der Waals surface area (Å²) in [7, 11) is 0. The first-order chi connectivity index (χ1) is 9.99. The molecule has 5 heteroatoms. The predicted molar refractivity (Wildman–Crippen MR) is 85.9 cm³/mol. The van der Waals surface area contributed by atoms with Crippen molar-refractivity contribution in [3.63, 3.8) is 0 Å². The van der Waals surface area contributed by atoms with E-state index in [-0.39, 0.29) is 10.6 Å².